The first-order valence-corrected chi connectivity index (χ1v) is 6.12. The fourth-order valence-corrected chi connectivity index (χ4v) is 2.62. The van der Waals surface area contributed by atoms with E-state index >= 15 is 0 Å². The van der Waals surface area contributed by atoms with Crippen LogP contribution in [0.3, 0.4) is 0 Å². The molecule has 1 saturated carbocycles. The minimum Gasteiger partial charge on any atom is -0.335 e. The lowest BCUT2D eigenvalue weighted by Gasteiger charge is -2.22. The Hall–Kier alpha value is -0.730. The number of hydrogen-bond donors (Lipinski definition) is 1. The summed E-state index contributed by atoms with van der Waals surface area (Å²) in [6.45, 7) is 6.29. The topological polar surface area (TPSA) is 32.3 Å². The first-order valence-electron chi connectivity index (χ1n) is 6.12. The molecule has 0 radical (unpaired) electrons. The number of nitrogens with zero attached hydrogens (tertiary/aromatic N) is 1. The number of rotatable bonds is 1. The molecule has 1 saturated heterocycles. The highest BCUT2D eigenvalue weighted by atomic mass is 16.2. The Kier molecular flexibility index (Phi) is 2.89. The van der Waals surface area contributed by atoms with Crippen molar-refractivity contribution >= 4 is 6.03 Å². The normalized spacial score (nSPS) is 25.9. The molecule has 2 aliphatic rings. The third-order valence-electron chi connectivity index (χ3n) is 3.65. The molecule has 86 valence electrons. The second kappa shape index (κ2) is 4.03. The number of urea groups is 1. The first-order chi connectivity index (χ1) is 7.07. The van der Waals surface area contributed by atoms with Crippen LogP contribution >= 0.6 is 0 Å². The summed E-state index contributed by atoms with van der Waals surface area (Å²) in [5.74, 6) is 0. The van der Waals surface area contributed by atoms with Gasteiger partial charge in [-0.1, -0.05) is 26.7 Å². The maximum absolute atomic E-state index is 11.9. The molecule has 15 heavy (non-hydrogen) atoms. The quantitative estimate of drug-likeness (QED) is 0.708. The van der Waals surface area contributed by atoms with E-state index in [0.717, 1.165) is 19.5 Å². The largest absolute Gasteiger partial charge is 0.335 e. The van der Waals surface area contributed by atoms with Gasteiger partial charge in [0.15, 0.2) is 0 Å². The van der Waals surface area contributed by atoms with Gasteiger partial charge in [-0.15, -0.1) is 0 Å². The highest BCUT2D eigenvalue weighted by molar-refractivity contribution is 5.74. The van der Waals surface area contributed by atoms with Crippen molar-refractivity contribution in [3.05, 3.63) is 0 Å². The zero-order valence-corrected chi connectivity index (χ0v) is 9.88. The Morgan fingerprint density at radius 2 is 2.00 bits per heavy atom. The third-order valence-corrected chi connectivity index (χ3v) is 3.65. The van der Waals surface area contributed by atoms with E-state index in [-0.39, 0.29) is 6.03 Å². The van der Waals surface area contributed by atoms with Gasteiger partial charge in [0.2, 0.25) is 0 Å². The lowest BCUT2D eigenvalue weighted by Crippen LogP contribution is -2.43. The first kappa shape index (κ1) is 10.8. The molecular weight excluding hydrogens is 188 g/mol. The summed E-state index contributed by atoms with van der Waals surface area (Å²) in [4.78, 5) is 13.9. The highest BCUT2D eigenvalue weighted by Crippen LogP contribution is 2.29. The standard InChI is InChI=1S/C12H22N2O/c1-12(2)7-8-14(9-12)11(15)13-10-5-3-4-6-10/h10H,3-9H2,1-2H3,(H,13,15). The van der Waals surface area contributed by atoms with Crippen LogP contribution in [0.4, 0.5) is 4.79 Å². The summed E-state index contributed by atoms with van der Waals surface area (Å²) >= 11 is 0. The van der Waals surface area contributed by atoms with Crippen molar-refractivity contribution in [1.29, 1.82) is 0 Å². The number of carbonyl (C=O) groups is 1. The SMILES string of the molecule is CC1(C)CCN(C(=O)NC2CCCC2)C1. The average molecular weight is 210 g/mol. The molecule has 0 unspecified atom stereocenters. The second-order valence-electron chi connectivity index (χ2n) is 5.77. The van der Waals surface area contributed by atoms with E-state index in [1.165, 1.54) is 25.7 Å². The highest BCUT2D eigenvalue weighted by Gasteiger charge is 2.32. The lowest BCUT2D eigenvalue weighted by molar-refractivity contribution is 0.199. The summed E-state index contributed by atoms with van der Waals surface area (Å²) in [6, 6.07) is 0.605. The molecule has 0 aromatic carbocycles. The van der Waals surface area contributed by atoms with E-state index in [0.29, 0.717) is 11.5 Å². The molecule has 2 amide bonds. The van der Waals surface area contributed by atoms with Gasteiger partial charge >= 0.3 is 6.03 Å². The van der Waals surface area contributed by atoms with Crippen molar-refractivity contribution in [2.75, 3.05) is 13.1 Å². The summed E-state index contributed by atoms with van der Waals surface area (Å²) in [7, 11) is 0. The molecule has 0 spiro atoms. The molecule has 3 nitrogen and oxygen atoms in total. The van der Waals surface area contributed by atoms with Crippen LogP contribution in [0.2, 0.25) is 0 Å². The van der Waals surface area contributed by atoms with Crippen molar-refractivity contribution in [3.8, 4) is 0 Å². The Labute approximate surface area is 92.2 Å². The maximum atomic E-state index is 11.9. The van der Waals surface area contributed by atoms with Gasteiger partial charge in [-0.2, -0.15) is 0 Å². The summed E-state index contributed by atoms with van der Waals surface area (Å²) in [5.41, 5.74) is 0.313. The minimum absolute atomic E-state index is 0.160. The zero-order valence-electron chi connectivity index (χ0n) is 9.88. The molecule has 1 aliphatic carbocycles. The molecule has 1 heterocycles. The molecule has 2 rings (SSSR count). The van der Waals surface area contributed by atoms with Crippen molar-refractivity contribution in [2.45, 2.75) is 52.0 Å². The van der Waals surface area contributed by atoms with E-state index in [1.54, 1.807) is 0 Å². The van der Waals surface area contributed by atoms with Gasteiger partial charge in [0.1, 0.15) is 0 Å². The summed E-state index contributed by atoms with van der Waals surface area (Å²) < 4.78 is 0. The smallest absolute Gasteiger partial charge is 0.317 e. The Bertz CT molecular complexity index is 244. The molecule has 0 atom stereocenters. The fraction of sp³-hybridized carbons (Fsp3) is 0.917. The van der Waals surface area contributed by atoms with Crippen molar-refractivity contribution in [3.63, 3.8) is 0 Å². The van der Waals surface area contributed by atoms with E-state index in [9.17, 15) is 4.79 Å². The minimum atomic E-state index is 0.160. The second-order valence-corrected chi connectivity index (χ2v) is 5.77. The summed E-state index contributed by atoms with van der Waals surface area (Å²) in [5, 5.41) is 3.15. The monoisotopic (exact) mass is 210 g/mol. The number of carbonyl (C=O) groups excluding carboxylic acids is 1. The van der Waals surface area contributed by atoms with Gasteiger partial charge in [0, 0.05) is 19.1 Å². The zero-order chi connectivity index (χ0) is 10.9. The van der Waals surface area contributed by atoms with Gasteiger partial charge in [-0.25, -0.2) is 4.79 Å². The van der Waals surface area contributed by atoms with Crippen LogP contribution in [0.5, 0.6) is 0 Å². The van der Waals surface area contributed by atoms with Crippen LogP contribution in [0.25, 0.3) is 0 Å². The third kappa shape index (κ3) is 2.64. The van der Waals surface area contributed by atoms with Gasteiger partial charge in [0.25, 0.3) is 0 Å². The van der Waals surface area contributed by atoms with Crippen LogP contribution < -0.4 is 5.32 Å². The van der Waals surface area contributed by atoms with Gasteiger partial charge < -0.3 is 10.2 Å². The fourth-order valence-electron chi connectivity index (χ4n) is 2.62. The van der Waals surface area contributed by atoms with Gasteiger partial charge in [-0.3, -0.25) is 0 Å². The van der Waals surface area contributed by atoms with E-state index in [4.69, 9.17) is 0 Å². The van der Waals surface area contributed by atoms with Crippen molar-refractivity contribution in [2.24, 2.45) is 5.41 Å². The Morgan fingerprint density at radius 1 is 1.33 bits per heavy atom. The van der Waals surface area contributed by atoms with Crippen molar-refractivity contribution < 1.29 is 4.79 Å². The van der Waals surface area contributed by atoms with E-state index in [1.807, 2.05) is 4.90 Å². The maximum Gasteiger partial charge on any atom is 0.317 e. The number of hydrogen-bond acceptors (Lipinski definition) is 1. The molecule has 0 aromatic rings. The predicted molar refractivity (Wildman–Crippen MR) is 60.8 cm³/mol. The van der Waals surface area contributed by atoms with Crippen LogP contribution in [-0.4, -0.2) is 30.1 Å². The molecule has 0 bridgehead atoms. The average Bonchev–Trinajstić information content (AvgIpc) is 2.74. The molecule has 3 heteroatoms. The predicted octanol–water partition coefficient (Wildman–Crippen LogP) is 2.37. The Morgan fingerprint density at radius 3 is 2.53 bits per heavy atom. The lowest BCUT2D eigenvalue weighted by atomic mass is 9.93. The van der Waals surface area contributed by atoms with Crippen LogP contribution in [-0.2, 0) is 0 Å². The molecule has 0 aromatic heterocycles. The van der Waals surface area contributed by atoms with Crippen LogP contribution in [0.15, 0.2) is 0 Å². The molecule has 1 N–H and O–H groups in total. The molecule has 1 aliphatic heterocycles. The van der Waals surface area contributed by atoms with Crippen LogP contribution in [0.1, 0.15) is 46.0 Å². The Balaban J connectivity index is 1.81. The molecular formula is C12H22N2O. The molecule has 2 fully saturated rings. The number of amides is 2. The van der Waals surface area contributed by atoms with Crippen molar-refractivity contribution in [1.82, 2.24) is 10.2 Å². The van der Waals surface area contributed by atoms with E-state index in [2.05, 4.69) is 19.2 Å². The van der Waals surface area contributed by atoms with Gasteiger partial charge in [-0.05, 0) is 24.7 Å². The van der Waals surface area contributed by atoms with E-state index < -0.39 is 0 Å². The van der Waals surface area contributed by atoms with Crippen LogP contribution in [0, 0.1) is 5.41 Å². The number of likely N-dealkylation sites (tertiary alicyclic amines) is 1. The van der Waals surface area contributed by atoms with Gasteiger partial charge in [0.05, 0.1) is 0 Å². The summed E-state index contributed by atoms with van der Waals surface area (Å²) in [6.07, 6.45) is 6.02. The number of nitrogens with one attached hydrogen (secondary N) is 1.